The van der Waals surface area contributed by atoms with Gasteiger partial charge in [0.2, 0.25) is 0 Å². The average molecular weight is 406 g/mol. The normalized spacial score (nSPS) is 11.7. The predicted octanol–water partition coefficient (Wildman–Crippen LogP) is 5.21. The summed E-state index contributed by atoms with van der Waals surface area (Å²) in [7, 11) is 0. The van der Waals surface area contributed by atoms with Gasteiger partial charge in [-0.3, -0.25) is 4.79 Å². The molecule has 2 rings (SSSR count). The van der Waals surface area contributed by atoms with Gasteiger partial charge in [-0.1, -0.05) is 26.0 Å². The Labute approximate surface area is 157 Å². The monoisotopic (exact) mass is 405 g/mol. The highest BCUT2D eigenvalue weighted by Gasteiger charge is 2.08. The lowest BCUT2D eigenvalue weighted by Crippen LogP contribution is -2.20. The first-order valence-electron chi connectivity index (χ1n) is 8.49. The van der Waals surface area contributed by atoms with Gasteiger partial charge in [-0.05, 0) is 65.5 Å². The van der Waals surface area contributed by atoms with Crippen molar-refractivity contribution in [3.8, 4) is 11.5 Å². The first kappa shape index (κ1) is 19.3. The Morgan fingerprint density at radius 1 is 1.20 bits per heavy atom. The third-order valence-corrected chi connectivity index (χ3v) is 4.41. The summed E-state index contributed by atoms with van der Waals surface area (Å²) in [5, 5.41) is 2.83. The Balaban J connectivity index is 1.91. The standard InChI is InChI=1S/C20H24BrNO3/c1-4-14(3)25-17-8-6-7-16(12-17)22-20(23)13-24-19-10-9-15(5-2)11-18(19)21/h6-12,14H,4-5,13H2,1-3H3,(H,22,23). The van der Waals surface area contributed by atoms with Gasteiger partial charge in [-0.2, -0.15) is 0 Å². The Bertz CT molecular complexity index is 718. The minimum atomic E-state index is -0.216. The number of aryl methyl sites for hydroxylation is 1. The largest absolute Gasteiger partial charge is 0.491 e. The van der Waals surface area contributed by atoms with E-state index in [9.17, 15) is 4.79 Å². The van der Waals surface area contributed by atoms with E-state index in [1.165, 1.54) is 5.56 Å². The summed E-state index contributed by atoms with van der Waals surface area (Å²) in [6.07, 6.45) is 2.02. The third kappa shape index (κ3) is 6.09. The molecule has 25 heavy (non-hydrogen) atoms. The molecular weight excluding hydrogens is 382 g/mol. The van der Waals surface area contributed by atoms with Crippen LogP contribution in [-0.2, 0) is 11.2 Å². The van der Waals surface area contributed by atoms with Crippen molar-refractivity contribution in [1.82, 2.24) is 0 Å². The lowest BCUT2D eigenvalue weighted by Gasteiger charge is -2.14. The van der Waals surface area contributed by atoms with E-state index in [1.807, 2.05) is 49.4 Å². The summed E-state index contributed by atoms with van der Waals surface area (Å²) >= 11 is 3.47. The fourth-order valence-corrected chi connectivity index (χ4v) is 2.73. The summed E-state index contributed by atoms with van der Waals surface area (Å²) in [5.74, 6) is 1.18. The number of nitrogens with one attached hydrogen (secondary N) is 1. The van der Waals surface area contributed by atoms with Crippen LogP contribution in [0.15, 0.2) is 46.9 Å². The van der Waals surface area contributed by atoms with Crippen molar-refractivity contribution in [2.75, 3.05) is 11.9 Å². The number of amides is 1. The summed E-state index contributed by atoms with van der Waals surface area (Å²) in [6, 6.07) is 13.2. The van der Waals surface area contributed by atoms with Crippen molar-refractivity contribution in [3.05, 3.63) is 52.5 Å². The topological polar surface area (TPSA) is 47.6 Å². The highest BCUT2D eigenvalue weighted by atomic mass is 79.9. The van der Waals surface area contributed by atoms with Crippen molar-refractivity contribution in [2.24, 2.45) is 0 Å². The summed E-state index contributed by atoms with van der Waals surface area (Å²) in [5.41, 5.74) is 1.90. The smallest absolute Gasteiger partial charge is 0.262 e. The van der Waals surface area contributed by atoms with E-state index in [0.29, 0.717) is 11.4 Å². The maximum absolute atomic E-state index is 12.1. The zero-order valence-electron chi connectivity index (χ0n) is 14.8. The predicted molar refractivity (Wildman–Crippen MR) is 104 cm³/mol. The SMILES string of the molecule is CCc1ccc(OCC(=O)Nc2cccc(OC(C)CC)c2)c(Br)c1. The van der Waals surface area contributed by atoms with Gasteiger partial charge in [0.25, 0.3) is 5.91 Å². The fourth-order valence-electron chi connectivity index (χ4n) is 2.18. The van der Waals surface area contributed by atoms with E-state index < -0.39 is 0 Å². The van der Waals surface area contributed by atoms with Gasteiger partial charge in [0.05, 0.1) is 10.6 Å². The van der Waals surface area contributed by atoms with E-state index in [4.69, 9.17) is 9.47 Å². The second-order valence-corrected chi connectivity index (χ2v) is 6.67. The molecule has 0 spiro atoms. The number of hydrogen-bond acceptors (Lipinski definition) is 3. The number of rotatable bonds is 8. The molecule has 0 aromatic heterocycles. The Hall–Kier alpha value is -2.01. The number of halogens is 1. The van der Waals surface area contributed by atoms with Crippen LogP contribution < -0.4 is 14.8 Å². The zero-order valence-corrected chi connectivity index (χ0v) is 16.4. The van der Waals surface area contributed by atoms with E-state index in [1.54, 1.807) is 0 Å². The lowest BCUT2D eigenvalue weighted by molar-refractivity contribution is -0.118. The first-order chi connectivity index (χ1) is 12.0. The minimum absolute atomic E-state index is 0.0550. The molecular formula is C20H24BrNO3. The molecule has 1 atom stereocenters. The van der Waals surface area contributed by atoms with Gasteiger partial charge in [0.1, 0.15) is 11.5 Å². The second-order valence-electron chi connectivity index (χ2n) is 5.82. The van der Waals surface area contributed by atoms with Gasteiger partial charge >= 0.3 is 0 Å². The van der Waals surface area contributed by atoms with Crippen LogP contribution in [0.4, 0.5) is 5.69 Å². The van der Waals surface area contributed by atoms with Crippen LogP contribution in [-0.4, -0.2) is 18.6 Å². The van der Waals surface area contributed by atoms with E-state index in [-0.39, 0.29) is 18.6 Å². The number of ether oxygens (including phenoxy) is 2. The second kappa shape index (κ2) is 9.47. The molecule has 0 saturated carbocycles. The van der Waals surface area contributed by atoms with Crippen LogP contribution in [0.2, 0.25) is 0 Å². The molecule has 134 valence electrons. The molecule has 1 N–H and O–H groups in total. The van der Waals surface area contributed by atoms with Crippen molar-refractivity contribution in [1.29, 1.82) is 0 Å². The van der Waals surface area contributed by atoms with E-state index in [0.717, 1.165) is 23.1 Å². The summed E-state index contributed by atoms with van der Waals surface area (Å²) in [4.78, 5) is 12.1. The maximum Gasteiger partial charge on any atom is 0.262 e. The minimum Gasteiger partial charge on any atom is -0.491 e. The Kier molecular flexibility index (Phi) is 7.31. The van der Waals surface area contributed by atoms with Crippen LogP contribution in [0.5, 0.6) is 11.5 Å². The number of benzene rings is 2. The van der Waals surface area contributed by atoms with Gasteiger partial charge < -0.3 is 14.8 Å². The summed E-state index contributed by atoms with van der Waals surface area (Å²) < 4.78 is 12.2. The third-order valence-electron chi connectivity index (χ3n) is 3.79. The van der Waals surface area contributed by atoms with Crippen molar-refractivity contribution in [2.45, 2.75) is 39.7 Å². The number of carbonyl (C=O) groups is 1. The van der Waals surface area contributed by atoms with E-state index in [2.05, 4.69) is 35.1 Å². The molecule has 1 unspecified atom stereocenters. The Morgan fingerprint density at radius 2 is 2.00 bits per heavy atom. The number of hydrogen-bond donors (Lipinski definition) is 1. The van der Waals surface area contributed by atoms with E-state index >= 15 is 0 Å². The van der Waals surface area contributed by atoms with Crippen LogP contribution in [0.25, 0.3) is 0 Å². The van der Waals surface area contributed by atoms with Crippen LogP contribution in [0.1, 0.15) is 32.8 Å². The molecule has 5 heteroatoms. The van der Waals surface area contributed by atoms with Gasteiger partial charge in [-0.25, -0.2) is 0 Å². The molecule has 2 aromatic rings. The number of anilines is 1. The maximum atomic E-state index is 12.1. The lowest BCUT2D eigenvalue weighted by atomic mass is 10.2. The first-order valence-corrected chi connectivity index (χ1v) is 9.29. The zero-order chi connectivity index (χ0) is 18.2. The average Bonchev–Trinajstić information content (AvgIpc) is 2.60. The molecule has 0 saturated heterocycles. The van der Waals surface area contributed by atoms with Gasteiger partial charge in [0.15, 0.2) is 6.61 Å². The van der Waals surface area contributed by atoms with Gasteiger partial charge in [0, 0.05) is 11.8 Å². The molecule has 0 aliphatic carbocycles. The van der Waals surface area contributed by atoms with Crippen molar-refractivity contribution >= 4 is 27.5 Å². The molecule has 0 fully saturated rings. The molecule has 0 aliphatic heterocycles. The Morgan fingerprint density at radius 3 is 2.68 bits per heavy atom. The summed E-state index contributed by atoms with van der Waals surface area (Å²) in [6.45, 7) is 6.12. The molecule has 1 amide bonds. The molecule has 0 radical (unpaired) electrons. The highest BCUT2D eigenvalue weighted by molar-refractivity contribution is 9.10. The van der Waals surface area contributed by atoms with Crippen molar-refractivity contribution < 1.29 is 14.3 Å². The molecule has 0 bridgehead atoms. The molecule has 0 heterocycles. The quantitative estimate of drug-likeness (QED) is 0.655. The molecule has 4 nitrogen and oxygen atoms in total. The highest BCUT2D eigenvalue weighted by Crippen LogP contribution is 2.26. The van der Waals surface area contributed by atoms with Gasteiger partial charge in [-0.15, -0.1) is 0 Å². The van der Waals surface area contributed by atoms with Crippen molar-refractivity contribution in [3.63, 3.8) is 0 Å². The molecule has 2 aromatic carbocycles. The van der Waals surface area contributed by atoms with Crippen LogP contribution in [0, 0.1) is 0 Å². The van der Waals surface area contributed by atoms with Crippen LogP contribution in [0.3, 0.4) is 0 Å². The van der Waals surface area contributed by atoms with Crippen LogP contribution >= 0.6 is 15.9 Å². The fraction of sp³-hybridized carbons (Fsp3) is 0.350. The molecule has 0 aliphatic rings. The number of carbonyl (C=O) groups excluding carboxylic acids is 1.